The zero-order chi connectivity index (χ0) is 23.7. The molecule has 33 heavy (non-hydrogen) atoms. The molecule has 166 valence electrons. The van der Waals surface area contributed by atoms with Gasteiger partial charge in [-0.05, 0) is 73.5 Å². The van der Waals surface area contributed by atoms with Crippen molar-refractivity contribution < 1.29 is 19.1 Å². The van der Waals surface area contributed by atoms with Gasteiger partial charge in [-0.25, -0.2) is 9.69 Å². The maximum atomic E-state index is 13.0. The molecule has 0 aromatic heterocycles. The maximum Gasteiger partial charge on any atom is 0.343 e. The summed E-state index contributed by atoms with van der Waals surface area (Å²) >= 11 is 12.1. The predicted molar refractivity (Wildman–Crippen MR) is 128 cm³/mol. The summed E-state index contributed by atoms with van der Waals surface area (Å²) in [5.41, 5.74) is 2.99. The van der Waals surface area contributed by atoms with E-state index in [0.717, 1.165) is 16.0 Å². The third kappa shape index (κ3) is 4.49. The number of rotatable bonds is 5. The second kappa shape index (κ2) is 9.10. The number of aryl methyl sites for hydroxylation is 1. The maximum absolute atomic E-state index is 13.0. The summed E-state index contributed by atoms with van der Waals surface area (Å²) in [5, 5.41) is 3.14. The Balaban J connectivity index is 1.50. The van der Waals surface area contributed by atoms with Crippen LogP contribution in [0.4, 0.5) is 11.4 Å². The molecule has 1 heterocycles. The summed E-state index contributed by atoms with van der Waals surface area (Å²) in [6.45, 7) is 3.74. The predicted octanol–water partition coefficient (Wildman–Crippen LogP) is 5.61. The number of amides is 2. The fourth-order valence-electron chi connectivity index (χ4n) is 3.34. The molecule has 0 atom stereocenters. The van der Waals surface area contributed by atoms with E-state index in [9.17, 15) is 14.4 Å². The van der Waals surface area contributed by atoms with E-state index in [1.165, 1.54) is 18.2 Å². The van der Waals surface area contributed by atoms with Gasteiger partial charge in [-0.3, -0.25) is 9.59 Å². The second-order valence-electron chi connectivity index (χ2n) is 7.40. The Morgan fingerprint density at radius 3 is 2.30 bits per heavy atom. The molecule has 6 nitrogen and oxygen atoms in total. The van der Waals surface area contributed by atoms with Crippen molar-refractivity contribution in [3.8, 4) is 5.75 Å². The molecule has 3 aromatic rings. The Hall–Kier alpha value is -3.61. The number of anilines is 2. The summed E-state index contributed by atoms with van der Waals surface area (Å²) in [6, 6.07) is 18.1. The largest absolute Gasteiger partial charge is 0.423 e. The van der Waals surface area contributed by atoms with Crippen LogP contribution in [0.25, 0.3) is 0 Å². The fraction of sp³-hybridized carbons (Fsp3) is 0.0800. The number of halogens is 2. The monoisotopic (exact) mass is 480 g/mol. The van der Waals surface area contributed by atoms with Gasteiger partial charge in [0.25, 0.3) is 11.8 Å². The van der Waals surface area contributed by atoms with Crippen LogP contribution in [0.2, 0.25) is 5.02 Å². The first-order valence-corrected chi connectivity index (χ1v) is 10.7. The topological polar surface area (TPSA) is 75.7 Å². The molecule has 8 heteroatoms. The van der Waals surface area contributed by atoms with Crippen molar-refractivity contribution in [3.63, 3.8) is 0 Å². The van der Waals surface area contributed by atoms with E-state index >= 15 is 0 Å². The summed E-state index contributed by atoms with van der Waals surface area (Å²) in [5.74, 6) is -1.38. The van der Waals surface area contributed by atoms with Gasteiger partial charge >= 0.3 is 5.97 Å². The minimum atomic E-state index is -0.598. The standard InChI is InChI=1S/C25H18Cl2N2O4/c1-14-5-3-8-20(15(14)2)29-23(30)21(27)22(24(29)31)28-18-11-9-16(10-12-18)25(32)33-19-7-4-6-17(26)13-19/h3-13,28H,1-2H3. The number of imide groups is 1. The lowest BCUT2D eigenvalue weighted by Gasteiger charge is -2.18. The molecule has 2 amide bonds. The molecule has 0 bridgehead atoms. The Kier molecular flexibility index (Phi) is 6.22. The minimum absolute atomic E-state index is 0.0307. The summed E-state index contributed by atoms with van der Waals surface area (Å²) < 4.78 is 5.31. The van der Waals surface area contributed by atoms with Gasteiger partial charge in [0.05, 0.1) is 11.3 Å². The van der Waals surface area contributed by atoms with Crippen molar-refractivity contribution in [2.24, 2.45) is 0 Å². The highest BCUT2D eigenvalue weighted by molar-refractivity contribution is 6.53. The molecule has 1 aliphatic rings. The number of nitrogens with zero attached hydrogens (tertiary/aromatic N) is 1. The zero-order valence-electron chi connectivity index (χ0n) is 17.7. The van der Waals surface area contributed by atoms with Crippen LogP contribution in [0.3, 0.4) is 0 Å². The van der Waals surface area contributed by atoms with Gasteiger partial charge in [-0.2, -0.15) is 0 Å². The lowest BCUT2D eigenvalue weighted by atomic mass is 10.1. The number of nitrogens with one attached hydrogen (secondary N) is 1. The van der Waals surface area contributed by atoms with Crippen molar-refractivity contribution in [1.29, 1.82) is 0 Å². The van der Waals surface area contributed by atoms with Crippen molar-refractivity contribution in [2.75, 3.05) is 10.2 Å². The molecule has 0 fully saturated rings. The Bertz CT molecular complexity index is 1320. The van der Waals surface area contributed by atoms with Gasteiger partial charge in [0.2, 0.25) is 0 Å². The highest BCUT2D eigenvalue weighted by Crippen LogP contribution is 2.33. The molecule has 0 saturated heterocycles. The molecule has 3 aromatic carbocycles. The van der Waals surface area contributed by atoms with E-state index in [1.54, 1.807) is 42.5 Å². The number of carbonyl (C=O) groups is 3. The number of esters is 1. The minimum Gasteiger partial charge on any atom is -0.423 e. The number of benzene rings is 3. The van der Waals surface area contributed by atoms with Gasteiger partial charge in [-0.1, -0.05) is 41.4 Å². The summed E-state index contributed by atoms with van der Waals surface area (Å²) in [4.78, 5) is 39.2. The van der Waals surface area contributed by atoms with Crippen molar-refractivity contribution >= 4 is 52.4 Å². The van der Waals surface area contributed by atoms with Crippen LogP contribution < -0.4 is 15.0 Å². The van der Waals surface area contributed by atoms with Gasteiger partial charge in [0.15, 0.2) is 0 Å². The SMILES string of the molecule is Cc1cccc(N2C(=O)C(Cl)=C(Nc3ccc(C(=O)Oc4cccc(Cl)c4)cc3)C2=O)c1C. The molecule has 0 saturated carbocycles. The number of hydrogen-bond donors (Lipinski definition) is 1. The quantitative estimate of drug-likeness (QED) is 0.291. The Labute approximate surface area is 200 Å². The van der Waals surface area contributed by atoms with Crippen LogP contribution in [0, 0.1) is 13.8 Å². The van der Waals surface area contributed by atoms with Crippen molar-refractivity contribution in [3.05, 3.63) is 99.2 Å². The molecule has 0 aliphatic carbocycles. The summed E-state index contributed by atoms with van der Waals surface area (Å²) in [6.07, 6.45) is 0. The van der Waals surface area contributed by atoms with Crippen LogP contribution in [-0.4, -0.2) is 17.8 Å². The lowest BCUT2D eigenvalue weighted by molar-refractivity contribution is -0.120. The van der Waals surface area contributed by atoms with Crippen LogP contribution in [-0.2, 0) is 9.59 Å². The van der Waals surface area contributed by atoms with Crippen LogP contribution in [0.1, 0.15) is 21.5 Å². The molecular weight excluding hydrogens is 463 g/mol. The number of hydrogen-bond acceptors (Lipinski definition) is 5. The molecular formula is C25H18Cl2N2O4. The van der Waals surface area contributed by atoms with Crippen LogP contribution in [0.5, 0.6) is 5.75 Å². The summed E-state index contributed by atoms with van der Waals surface area (Å²) in [7, 11) is 0. The van der Waals surface area contributed by atoms with Gasteiger partial charge in [0.1, 0.15) is 16.5 Å². The van der Waals surface area contributed by atoms with Crippen LogP contribution in [0.15, 0.2) is 77.5 Å². The normalized spacial score (nSPS) is 13.5. The molecule has 1 aliphatic heterocycles. The average Bonchev–Trinajstić information content (AvgIpc) is 2.99. The Morgan fingerprint density at radius 1 is 0.909 bits per heavy atom. The van der Waals surface area contributed by atoms with E-state index in [2.05, 4.69) is 5.32 Å². The second-order valence-corrected chi connectivity index (χ2v) is 8.22. The van der Waals surface area contributed by atoms with Gasteiger partial charge in [0, 0.05) is 10.7 Å². The third-order valence-electron chi connectivity index (χ3n) is 5.24. The molecule has 0 spiro atoms. The first kappa shape index (κ1) is 22.6. The van der Waals surface area contributed by atoms with E-state index in [1.807, 2.05) is 19.9 Å². The third-order valence-corrected chi connectivity index (χ3v) is 5.83. The lowest BCUT2D eigenvalue weighted by Crippen LogP contribution is -2.33. The smallest absolute Gasteiger partial charge is 0.343 e. The Morgan fingerprint density at radius 2 is 1.61 bits per heavy atom. The highest BCUT2D eigenvalue weighted by atomic mass is 35.5. The molecule has 0 unspecified atom stereocenters. The van der Waals surface area contributed by atoms with Crippen molar-refractivity contribution in [1.82, 2.24) is 0 Å². The fourth-order valence-corrected chi connectivity index (χ4v) is 3.73. The van der Waals surface area contributed by atoms with Crippen molar-refractivity contribution in [2.45, 2.75) is 13.8 Å². The number of carbonyl (C=O) groups excluding carboxylic acids is 3. The number of ether oxygens (including phenoxy) is 1. The van der Waals surface area contributed by atoms with Gasteiger partial charge < -0.3 is 10.1 Å². The average molecular weight is 481 g/mol. The molecule has 1 N–H and O–H groups in total. The molecule has 4 rings (SSSR count). The molecule has 0 radical (unpaired) electrons. The first-order valence-electron chi connectivity index (χ1n) is 9.96. The zero-order valence-corrected chi connectivity index (χ0v) is 19.2. The first-order chi connectivity index (χ1) is 15.8. The highest BCUT2D eigenvalue weighted by Gasteiger charge is 2.39. The van der Waals surface area contributed by atoms with Gasteiger partial charge in [-0.15, -0.1) is 0 Å². The van der Waals surface area contributed by atoms with E-state index < -0.39 is 17.8 Å². The van der Waals surface area contributed by atoms with Crippen LogP contribution >= 0.6 is 23.2 Å². The van der Waals surface area contributed by atoms with E-state index in [4.69, 9.17) is 27.9 Å². The van der Waals surface area contributed by atoms with E-state index in [-0.39, 0.29) is 10.7 Å². The van der Waals surface area contributed by atoms with E-state index in [0.29, 0.717) is 27.7 Å².